The van der Waals surface area contributed by atoms with Gasteiger partial charge < -0.3 is 10.1 Å². The molecular formula is C20H23BrN2O3. The van der Waals surface area contributed by atoms with E-state index in [4.69, 9.17) is 4.74 Å². The topological polar surface area (TPSA) is 58.6 Å². The number of hydrogen-bond acceptors (Lipinski definition) is 3. The number of benzene rings is 1. The zero-order valence-corrected chi connectivity index (χ0v) is 16.2. The van der Waals surface area contributed by atoms with E-state index in [1.54, 1.807) is 4.90 Å². The lowest BCUT2D eigenvalue weighted by Crippen LogP contribution is -2.57. The molecule has 4 aliphatic carbocycles. The third kappa shape index (κ3) is 2.82. The van der Waals surface area contributed by atoms with E-state index < -0.39 is 0 Å². The molecule has 4 bridgehead atoms. The van der Waals surface area contributed by atoms with Gasteiger partial charge in [0, 0.05) is 10.5 Å². The van der Waals surface area contributed by atoms with Crippen LogP contribution >= 0.6 is 15.9 Å². The summed E-state index contributed by atoms with van der Waals surface area (Å²) in [5, 5.41) is 3.29. The molecule has 1 aromatic rings. The number of nitrogens with zero attached hydrogens (tertiary/aromatic N) is 1. The van der Waals surface area contributed by atoms with Gasteiger partial charge in [-0.3, -0.25) is 14.5 Å². The Hall–Kier alpha value is -1.56. The fourth-order valence-corrected chi connectivity index (χ4v) is 6.23. The largest absolute Gasteiger partial charge is 0.482 e. The smallest absolute Gasteiger partial charge is 0.265 e. The van der Waals surface area contributed by atoms with E-state index >= 15 is 0 Å². The van der Waals surface area contributed by atoms with Crippen molar-refractivity contribution in [3.63, 3.8) is 0 Å². The van der Waals surface area contributed by atoms with E-state index in [0.717, 1.165) is 16.3 Å². The minimum absolute atomic E-state index is 0.0191. The number of rotatable bonds is 3. The van der Waals surface area contributed by atoms with Crippen LogP contribution in [0.1, 0.15) is 32.1 Å². The van der Waals surface area contributed by atoms with Crippen molar-refractivity contribution >= 4 is 33.4 Å². The minimum Gasteiger partial charge on any atom is -0.482 e. The van der Waals surface area contributed by atoms with Gasteiger partial charge in [-0.2, -0.15) is 0 Å². The first-order valence-corrected chi connectivity index (χ1v) is 10.4. The van der Waals surface area contributed by atoms with Crippen LogP contribution in [0.5, 0.6) is 5.75 Å². The first-order valence-electron chi connectivity index (χ1n) is 9.59. The Morgan fingerprint density at radius 1 is 1.15 bits per heavy atom. The minimum atomic E-state index is -0.167. The maximum Gasteiger partial charge on any atom is 0.265 e. The van der Waals surface area contributed by atoms with Crippen LogP contribution in [-0.4, -0.2) is 31.0 Å². The van der Waals surface area contributed by atoms with Crippen LogP contribution in [0, 0.1) is 23.7 Å². The molecule has 0 atom stereocenters. The Kier molecular flexibility index (Phi) is 3.99. The van der Waals surface area contributed by atoms with Crippen LogP contribution in [0.2, 0.25) is 0 Å². The molecule has 4 saturated carbocycles. The van der Waals surface area contributed by atoms with Gasteiger partial charge in [-0.15, -0.1) is 0 Å². The fourth-order valence-electron chi connectivity index (χ4n) is 5.89. The summed E-state index contributed by atoms with van der Waals surface area (Å²) in [5.74, 6) is 3.47. The molecule has 6 rings (SSSR count). The predicted octanol–water partition coefficient (Wildman–Crippen LogP) is 3.12. The zero-order valence-electron chi connectivity index (χ0n) is 14.6. The van der Waals surface area contributed by atoms with Crippen LogP contribution in [0.4, 0.5) is 5.69 Å². The van der Waals surface area contributed by atoms with Crippen LogP contribution in [0.3, 0.4) is 0 Å². The summed E-state index contributed by atoms with van der Waals surface area (Å²) < 4.78 is 6.39. The Bertz CT molecular complexity index is 737. The van der Waals surface area contributed by atoms with Crippen molar-refractivity contribution in [2.75, 3.05) is 18.1 Å². The number of ether oxygens (including phenoxy) is 1. The van der Waals surface area contributed by atoms with Crippen molar-refractivity contribution in [2.45, 2.75) is 38.1 Å². The molecule has 0 aromatic heterocycles. The van der Waals surface area contributed by atoms with E-state index in [2.05, 4.69) is 21.2 Å². The Balaban J connectivity index is 1.30. The molecule has 1 aromatic carbocycles. The third-order valence-electron chi connectivity index (χ3n) is 6.72. The second kappa shape index (κ2) is 6.25. The van der Waals surface area contributed by atoms with Gasteiger partial charge >= 0.3 is 0 Å². The summed E-state index contributed by atoms with van der Waals surface area (Å²) in [6.45, 7) is 0.0500. The van der Waals surface area contributed by atoms with Crippen molar-refractivity contribution in [2.24, 2.45) is 23.7 Å². The molecule has 4 fully saturated rings. The highest BCUT2D eigenvalue weighted by atomic mass is 79.9. The van der Waals surface area contributed by atoms with Gasteiger partial charge in [0.1, 0.15) is 12.3 Å². The lowest BCUT2D eigenvalue weighted by molar-refractivity contribution is -0.127. The summed E-state index contributed by atoms with van der Waals surface area (Å²) in [6, 6.07) is 5.83. The quantitative estimate of drug-likeness (QED) is 0.819. The molecule has 2 amide bonds. The summed E-state index contributed by atoms with van der Waals surface area (Å²) in [5.41, 5.74) is 0.671. The second-order valence-corrected chi connectivity index (χ2v) is 9.32. The molecule has 0 saturated heterocycles. The van der Waals surface area contributed by atoms with Gasteiger partial charge in [0.05, 0.1) is 5.69 Å². The van der Waals surface area contributed by atoms with Crippen LogP contribution in [0.15, 0.2) is 22.7 Å². The number of halogens is 1. The standard InChI is InChI=1S/C20H23BrN2O3/c21-15-1-2-16-17(8-15)26-10-19(25)23(16)9-18(24)22-20-13-4-11-3-12(6-13)7-14(20)5-11/h1-2,8,11-14,20H,3-7,9-10H2,(H,22,24). The molecule has 1 N–H and O–H groups in total. The van der Waals surface area contributed by atoms with Gasteiger partial charge in [0.15, 0.2) is 6.61 Å². The molecular weight excluding hydrogens is 396 g/mol. The lowest BCUT2D eigenvalue weighted by atomic mass is 9.54. The van der Waals surface area contributed by atoms with Crippen molar-refractivity contribution in [1.29, 1.82) is 0 Å². The Labute approximate surface area is 161 Å². The first kappa shape index (κ1) is 16.6. The SMILES string of the molecule is O=C(CN1C(=O)COc2cc(Br)ccc21)NC1C2CC3CC(C2)CC1C3. The maximum absolute atomic E-state index is 12.8. The van der Waals surface area contributed by atoms with E-state index in [1.165, 1.54) is 32.1 Å². The normalized spacial score (nSPS) is 34.4. The lowest BCUT2D eigenvalue weighted by Gasteiger charge is -2.54. The van der Waals surface area contributed by atoms with Crippen molar-refractivity contribution in [1.82, 2.24) is 5.32 Å². The fraction of sp³-hybridized carbons (Fsp3) is 0.600. The molecule has 6 heteroatoms. The molecule has 5 aliphatic rings. The average Bonchev–Trinajstić information content (AvgIpc) is 2.60. The summed E-state index contributed by atoms with van der Waals surface area (Å²) in [6.07, 6.45) is 6.48. The molecule has 0 unspecified atom stereocenters. The molecule has 5 nitrogen and oxygen atoms in total. The monoisotopic (exact) mass is 418 g/mol. The Morgan fingerprint density at radius 3 is 2.54 bits per heavy atom. The number of nitrogens with one attached hydrogen (secondary N) is 1. The van der Waals surface area contributed by atoms with Gasteiger partial charge in [0.2, 0.25) is 5.91 Å². The Morgan fingerprint density at radius 2 is 1.85 bits per heavy atom. The number of amides is 2. The molecule has 0 spiro atoms. The van der Waals surface area contributed by atoms with Gasteiger partial charge in [0.25, 0.3) is 5.91 Å². The van der Waals surface area contributed by atoms with E-state index in [0.29, 0.717) is 29.3 Å². The number of hydrogen-bond donors (Lipinski definition) is 1. The van der Waals surface area contributed by atoms with Crippen molar-refractivity contribution < 1.29 is 14.3 Å². The zero-order chi connectivity index (χ0) is 17.8. The average molecular weight is 419 g/mol. The number of anilines is 1. The second-order valence-electron chi connectivity index (χ2n) is 8.40. The summed E-state index contributed by atoms with van der Waals surface area (Å²) in [4.78, 5) is 26.6. The molecule has 0 radical (unpaired) electrons. The van der Waals surface area contributed by atoms with Gasteiger partial charge in [-0.25, -0.2) is 0 Å². The van der Waals surface area contributed by atoms with E-state index in [1.807, 2.05) is 18.2 Å². The number of fused-ring (bicyclic) bond motifs is 1. The van der Waals surface area contributed by atoms with Crippen molar-refractivity contribution in [3.8, 4) is 5.75 Å². The van der Waals surface area contributed by atoms with Gasteiger partial charge in [-0.05, 0) is 74.0 Å². The molecule has 138 valence electrons. The van der Waals surface area contributed by atoms with Crippen molar-refractivity contribution in [3.05, 3.63) is 22.7 Å². The highest BCUT2D eigenvalue weighted by molar-refractivity contribution is 9.10. The molecule has 1 aliphatic heterocycles. The van der Waals surface area contributed by atoms with Gasteiger partial charge in [-0.1, -0.05) is 15.9 Å². The maximum atomic E-state index is 12.8. The van der Waals surface area contributed by atoms with E-state index in [9.17, 15) is 9.59 Å². The van der Waals surface area contributed by atoms with Crippen LogP contribution in [0.25, 0.3) is 0 Å². The third-order valence-corrected chi connectivity index (χ3v) is 7.21. The van der Waals surface area contributed by atoms with E-state index in [-0.39, 0.29) is 25.0 Å². The first-order chi connectivity index (χ1) is 12.6. The summed E-state index contributed by atoms with van der Waals surface area (Å²) in [7, 11) is 0. The molecule has 1 heterocycles. The van der Waals surface area contributed by atoms with Crippen LogP contribution < -0.4 is 15.0 Å². The molecule has 26 heavy (non-hydrogen) atoms. The predicted molar refractivity (Wildman–Crippen MR) is 101 cm³/mol. The number of carbonyl (C=O) groups excluding carboxylic acids is 2. The highest BCUT2D eigenvalue weighted by Gasteiger charge is 2.48. The summed E-state index contributed by atoms with van der Waals surface area (Å²) >= 11 is 3.42. The van der Waals surface area contributed by atoms with Crippen LogP contribution in [-0.2, 0) is 9.59 Å². The number of carbonyl (C=O) groups is 2. The highest BCUT2D eigenvalue weighted by Crippen LogP contribution is 2.53.